The van der Waals surface area contributed by atoms with Crippen molar-refractivity contribution in [2.75, 3.05) is 13.7 Å². The van der Waals surface area contributed by atoms with Gasteiger partial charge < -0.3 is 20.7 Å². The van der Waals surface area contributed by atoms with Crippen molar-refractivity contribution in [3.63, 3.8) is 0 Å². The smallest absolute Gasteiger partial charge is 0.333 e. The van der Waals surface area contributed by atoms with Crippen LogP contribution in [0.3, 0.4) is 0 Å². The third-order valence-corrected chi connectivity index (χ3v) is 2.18. The molecule has 1 rings (SSSR count). The maximum absolute atomic E-state index is 11.4. The number of aliphatic hydroxyl groups excluding tert-OH is 1. The third-order valence-electron chi connectivity index (χ3n) is 2.18. The second-order valence-corrected chi connectivity index (χ2v) is 3.14. The summed E-state index contributed by atoms with van der Waals surface area (Å²) in [4.78, 5) is 11.4. The predicted molar refractivity (Wildman–Crippen MR) is 53.1 cm³/mol. The van der Waals surface area contributed by atoms with Crippen molar-refractivity contribution in [3.05, 3.63) is 29.8 Å². The number of aliphatic hydroxyl groups is 1. The van der Waals surface area contributed by atoms with Crippen LogP contribution in [-0.2, 0) is 15.1 Å². The number of phenols is 1. The van der Waals surface area contributed by atoms with E-state index in [1.54, 1.807) is 12.1 Å². The lowest BCUT2D eigenvalue weighted by molar-refractivity contribution is -0.149. The number of hydrogen-bond acceptors (Lipinski definition) is 5. The fraction of sp³-hybridized carbons (Fsp3) is 0.300. The zero-order valence-corrected chi connectivity index (χ0v) is 8.30. The first-order chi connectivity index (χ1) is 7.06. The van der Waals surface area contributed by atoms with Crippen molar-refractivity contribution in [2.24, 2.45) is 5.73 Å². The number of carbonyl (C=O) groups excluding carboxylic acids is 1. The van der Waals surface area contributed by atoms with Gasteiger partial charge in [-0.1, -0.05) is 18.2 Å². The molecule has 0 amide bonds. The van der Waals surface area contributed by atoms with Crippen LogP contribution in [0, 0.1) is 0 Å². The van der Waals surface area contributed by atoms with Gasteiger partial charge in [-0.25, -0.2) is 4.79 Å². The summed E-state index contributed by atoms with van der Waals surface area (Å²) in [7, 11) is 1.17. The number of esters is 1. The number of nitrogens with two attached hydrogens (primary N) is 1. The Balaban J connectivity index is 3.23. The Hall–Kier alpha value is -1.59. The topological polar surface area (TPSA) is 92.8 Å². The number of aromatic hydroxyl groups is 1. The summed E-state index contributed by atoms with van der Waals surface area (Å²) in [6.07, 6.45) is 0. The van der Waals surface area contributed by atoms with Crippen molar-refractivity contribution in [2.45, 2.75) is 5.54 Å². The highest BCUT2D eigenvalue weighted by atomic mass is 16.5. The molecular formula is C10H13NO4. The van der Waals surface area contributed by atoms with E-state index in [1.165, 1.54) is 19.2 Å². The second kappa shape index (κ2) is 4.29. The molecule has 0 aliphatic carbocycles. The van der Waals surface area contributed by atoms with Crippen LogP contribution in [0.1, 0.15) is 5.56 Å². The number of hydrogen-bond donors (Lipinski definition) is 3. The predicted octanol–water partition coefficient (Wildman–Crippen LogP) is -0.288. The van der Waals surface area contributed by atoms with E-state index >= 15 is 0 Å². The van der Waals surface area contributed by atoms with Crippen molar-refractivity contribution in [1.82, 2.24) is 0 Å². The monoisotopic (exact) mass is 211 g/mol. The van der Waals surface area contributed by atoms with Crippen molar-refractivity contribution in [1.29, 1.82) is 0 Å². The maximum atomic E-state index is 11.4. The van der Waals surface area contributed by atoms with Crippen molar-refractivity contribution in [3.8, 4) is 5.75 Å². The third kappa shape index (κ3) is 1.93. The summed E-state index contributed by atoms with van der Waals surface area (Å²) in [5.41, 5.74) is 4.11. The minimum atomic E-state index is -1.72. The summed E-state index contributed by atoms with van der Waals surface area (Å²) in [6, 6.07) is 6.04. The van der Waals surface area contributed by atoms with E-state index in [2.05, 4.69) is 4.74 Å². The molecule has 5 heteroatoms. The molecule has 0 aromatic heterocycles. The molecule has 4 N–H and O–H groups in total. The van der Waals surface area contributed by atoms with Gasteiger partial charge in [-0.2, -0.15) is 0 Å². The van der Waals surface area contributed by atoms with Crippen molar-refractivity contribution < 1.29 is 19.7 Å². The number of phenolic OH excluding ortho intramolecular Hbond substituents is 1. The lowest BCUT2D eigenvalue weighted by Gasteiger charge is -2.25. The van der Waals surface area contributed by atoms with Crippen LogP contribution < -0.4 is 5.73 Å². The zero-order chi connectivity index (χ0) is 11.5. The Bertz CT molecular complexity index is 366. The van der Waals surface area contributed by atoms with Crippen LogP contribution in [0.5, 0.6) is 5.75 Å². The van der Waals surface area contributed by atoms with Gasteiger partial charge in [0.05, 0.1) is 13.7 Å². The van der Waals surface area contributed by atoms with Gasteiger partial charge in [0, 0.05) is 5.56 Å². The van der Waals surface area contributed by atoms with Gasteiger partial charge in [0.2, 0.25) is 0 Å². The summed E-state index contributed by atoms with van der Waals surface area (Å²) >= 11 is 0. The average Bonchev–Trinajstić information content (AvgIpc) is 2.27. The molecule has 0 fully saturated rings. The molecule has 0 heterocycles. The average molecular weight is 211 g/mol. The van der Waals surface area contributed by atoms with E-state index in [-0.39, 0.29) is 11.3 Å². The van der Waals surface area contributed by atoms with Crippen LogP contribution in [0.25, 0.3) is 0 Å². The largest absolute Gasteiger partial charge is 0.508 e. The van der Waals surface area contributed by atoms with Gasteiger partial charge in [-0.15, -0.1) is 0 Å². The standard InChI is InChI=1S/C10H13NO4/c1-15-9(14)10(11,6-12)7-4-2-3-5-8(7)13/h2-5,12-13H,6,11H2,1H3. The molecule has 5 nitrogen and oxygen atoms in total. The molecule has 0 bridgehead atoms. The molecule has 1 atom stereocenters. The van der Waals surface area contributed by atoms with Gasteiger partial charge in [-0.3, -0.25) is 0 Å². The second-order valence-electron chi connectivity index (χ2n) is 3.14. The Morgan fingerprint density at radius 1 is 1.53 bits per heavy atom. The van der Waals surface area contributed by atoms with E-state index in [0.29, 0.717) is 0 Å². The Labute approximate surface area is 87.1 Å². The molecule has 82 valence electrons. The summed E-state index contributed by atoms with van der Waals surface area (Å²) < 4.78 is 4.48. The molecule has 15 heavy (non-hydrogen) atoms. The lowest BCUT2D eigenvalue weighted by atomic mass is 9.91. The molecule has 0 saturated carbocycles. The molecule has 1 aromatic carbocycles. The number of ether oxygens (including phenoxy) is 1. The molecule has 0 aliphatic rings. The molecule has 0 spiro atoms. The van der Waals surface area contributed by atoms with Gasteiger partial charge in [0.25, 0.3) is 0 Å². The summed E-state index contributed by atoms with van der Waals surface area (Å²) in [5.74, 6) is -0.953. The first kappa shape index (κ1) is 11.5. The molecular weight excluding hydrogens is 198 g/mol. The van der Waals surface area contributed by atoms with Crippen LogP contribution in [0.2, 0.25) is 0 Å². The Kier molecular flexibility index (Phi) is 3.28. The van der Waals surface area contributed by atoms with E-state index in [1.807, 2.05) is 0 Å². The van der Waals surface area contributed by atoms with Gasteiger partial charge in [-0.05, 0) is 6.07 Å². The molecule has 1 aromatic rings. The minimum absolute atomic E-state index is 0.138. The van der Waals surface area contributed by atoms with Crippen molar-refractivity contribution >= 4 is 5.97 Å². The number of benzene rings is 1. The lowest BCUT2D eigenvalue weighted by Crippen LogP contribution is -2.49. The fourth-order valence-corrected chi connectivity index (χ4v) is 1.29. The molecule has 0 aliphatic heterocycles. The van der Waals surface area contributed by atoms with E-state index < -0.39 is 18.1 Å². The minimum Gasteiger partial charge on any atom is -0.508 e. The maximum Gasteiger partial charge on any atom is 0.333 e. The highest BCUT2D eigenvalue weighted by molar-refractivity contribution is 5.83. The normalized spacial score (nSPS) is 14.3. The van der Waals surface area contributed by atoms with Crippen LogP contribution in [0.15, 0.2) is 24.3 Å². The number of para-hydroxylation sites is 1. The molecule has 1 unspecified atom stereocenters. The summed E-state index contributed by atoms with van der Waals surface area (Å²) in [6.45, 7) is -0.642. The van der Waals surface area contributed by atoms with Gasteiger partial charge >= 0.3 is 5.97 Å². The summed E-state index contributed by atoms with van der Waals surface area (Å²) in [5, 5.41) is 18.7. The first-order valence-electron chi connectivity index (χ1n) is 4.33. The van der Waals surface area contributed by atoms with Gasteiger partial charge in [0.1, 0.15) is 5.75 Å². The zero-order valence-electron chi connectivity index (χ0n) is 8.30. The number of carbonyl (C=O) groups is 1. The van der Waals surface area contributed by atoms with Gasteiger partial charge in [0.15, 0.2) is 5.54 Å². The first-order valence-corrected chi connectivity index (χ1v) is 4.33. The fourth-order valence-electron chi connectivity index (χ4n) is 1.29. The van der Waals surface area contributed by atoms with Crippen LogP contribution >= 0.6 is 0 Å². The SMILES string of the molecule is COC(=O)C(N)(CO)c1ccccc1O. The highest BCUT2D eigenvalue weighted by Crippen LogP contribution is 2.27. The van der Waals surface area contributed by atoms with E-state index in [4.69, 9.17) is 10.8 Å². The quantitative estimate of drug-likeness (QED) is 0.597. The van der Waals surface area contributed by atoms with Crippen LogP contribution in [-0.4, -0.2) is 29.9 Å². The van der Waals surface area contributed by atoms with E-state index in [0.717, 1.165) is 0 Å². The highest BCUT2D eigenvalue weighted by Gasteiger charge is 2.38. The van der Waals surface area contributed by atoms with E-state index in [9.17, 15) is 9.90 Å². The molecule has 0 radical (unpaired) electrons. The Morgan fingerprint density at radius 2 is 2.13 bits per heavy atom. The molecule has 0 saturated heterocycles. The van der Waals surface area contributed by atoms with Crippen LogP contribution in [0.4, 0.5) is 0 Å². The number of methoxy groups -OCH3 is 1. The number of rotatable bonds is 3. The Morgan fingerprint density at radius 3 is 2.60 bits per heavy atom.